The van der Waals surface area contributed by atoms with Gasteiger partial charge in [-0.2, -0.15) is 0 Å². The summed E-state index contributed by atoms with van der Waals surface area (Å²) in [5.74, 6) is -0.371. The fraction of sp³-hybridized carbons (Fsp3) is 0.435. The number of hydrogen-bond donors (Lipinski definition) is 1. The number of hydrogen-bond acceptors (Lipinski definition) is 4. The summed E-state index contributed by atoms with van der Waals surface area (Å²) in [4.78, 5) is 4.73. The van der Waals surface area contributed by atoms with Crippen molar-refractivity contribution in [1.82, 2.24) is 0 Å². The molecule has 1 heterocycles. The Morgan fingerprint density at radius 3 is 2.44 bits per heavy atom. The van der Waals surface area contributed by atoms with Crippen LogP contribution in [0.3, 0.4) is 0 Å². The number of ether oxygens (including phenoxy) is 2. The molecule has 1 aliphatic heterocycles. The van der Waals surface area contributed by atoms with Crippen LogP contribution < -0.4 is 0 Å². The third kappa shape index (κ3) is 4.57. The number of phenolic OH excluding ortho intramolecular Hbond substituents is 1. The highest BCUT2D eigenvalue weighted by molar-refractivity contribution is 5.84. The highest BCUT2D eigenvalue weighted by Crippen LogP contribution is 2.35. The van der Waals surface area contributed by atoms with Crippen LogP contribution in [0.25, 0.3) is 0 Å². The van der Waals surface area contributed by atoms with Gasteiger partial charge in [-0.05, 0) is 36.5 Å². The standard InChI is InChI=1S/C23H29NO3/c1-22(2,3)18-13-9-12-17(20(18)25)14-24-19-15-26-23(4,5)27-21(19)16-10-7-6-8-11-16/h6-14,19,21,25H,15H2,1-5H3/b24-14+/t19-,21-/m0/s1. The van der Waals surface area contributed by atoms with E-state index in [0.29, 0.717) is 12.2 Å². The predicted molar refractivity (Wildman–Crippen MR) is 108 cm³/mol. The average Bonchev–Trinajstić information content (AvgIpc) is 2.61. The highest BCUT2D eigenvalue weighted by Gasteiger charge is 2.37. The quantitative estimate of drug-likeness (QED) is 0.777. The van der Waals surface area contributed by atoms with Gasteiger partial charge in [0.2, 0.25) is 0 Å². The Labute approximate surface area is 161 Å². The molecule has 0 bridgehead atoms. The van der Waals surface area contributed by atoms with E-state index in [4.69, 9.17) is 14.5 Å². The summed E-state index contributed by atoms with van der Waals surface area (Å²) in [5.41, 5.74) is 2.55. The topological polar surface area (TPSA) is 51.0 Å². The third-order valence-corrected chi connectivity index (χ3v) is 4.77. The molecule has 1 N–H and O–H groups in total. The molecule has 2 atom stereocenters. The molecule has 1 aliphatic rings. The maximum atomic E-state index is 10.7. The van der Waals surface area contributed by atoms with E-state index in [0.717, 1.165) is 11.1 Å². The number of phenols is 1. The number of rotatable bonds is 3. The van der Waals surface area contributed by atoms with Gasteiger partial charge in [-0.1, -0.05) is 63.2 Å². The Morgan fingerprint density at radius 1 is 1.07 bits per heavy atom. The number of benzene rings is 2. The number of aliphatic imine (C=N–C) groups is 1. The molecule has 2 aromatic rings. The lowest BCUT2D eigenvalue weighted by Gasteiger charge is -2.39. The zero-order chi connectivity index (χ0) is 19.7. The van der Waals surface area contributed by atoms with Crippen LogP contribution in [0.5, 0.6) is 5.75 Å². The molecule has 0 saturated carbocycles. The molecule has 1 fully saturated rings. The summed E-state index contributed by atoms with van der Waals surface area (Å²) in [6, 6.07) is 15.7. The average molecular weight is 367 g/mol. The van der Waals surface area contributed by atoms with Gasteiger partial charge in [0, 0.05) is 11.8 Å². The van der Waals surface area contributed by atoms with Crippen molar-refractivity contribution in [2.24, 2.45) is 4.99 Å². The smallest absolute Gasteiger partial charge is 0.163 e. The first-order valence-corrected chi connectivity index (χ1v) is 9.40. The molecular weight excluding hydrogens is 338 g/mol. The lowest BCUT2D eigenvalue weighted by molar-refractivity contribution is -0.281. The molecule has 1 saturated heterocycles. The largest absolute Gasteiger partial charge is 0.507 e. The van der Waals surface area contributed by atoms with Crippen LogP contribution in [0.2, 0.25) is 0 Å². The van der Waals surface area contributed by atoms with Crippen molar-refractivity contribution in [3.05, 3.63) is 65.2 Å². The monoisotopic (exact) mass is 367 g/mol. The molecule has 4 heteroatoms. The summed E-state index contributed by atoms with van der Waals surface area (Å²) in [6.45, 7) is 10.5. The molecule has 144 valence electrons. The Bertz CT molecular complexity index is 806. The minimum absolute atomic E-state index is 0.137. The van der Waals surface area contributed by atoms with E-state index in [-0.39, 0.29) is 23.3 Å². The lowest BCUT2D eigenvalue weighted by Crippen LogP contribution is -2.43. The Morgan fingerprint density at radius 2 is 1.78 bits per heavy atom. The van der Waals surface area contributed by atoms with E-state index < -0.39 is 5.79 Å². The second-order valence-electron chi connectivity index (χ2n) is 8.50. The van der Waals surface area contributed by atoms with Gasteiger partial charge < -0.3 is 14.6 Å². The molecule has 0 radical (unpaired) electrons. The number of aromatic hydroxyl groups is 1. The van der Waals surface area contributed by atoms with Crippen molar-refractivity contribution in [3.8, 4) is 5.75 Å². The number of nitrogens with zero attached hydrogens (tertiary/aromatic N) is 1. The van der Waals surface area contributed by atoms with Gasteiger partial charge in [0.05, 0.1) is 6.61 Å². The fourth-order valence-electron chi connectivity index (χ4n) is 3.29. The van der Waals surface area contributed by atoms with Gasteiger partial charge in [0.15, 0.2) is 5.79 Å². The fourth-order valence-corrected chi connectivity index (χ4v) is 3.29. The van der Waals surface area contributed by atoms with Crippen LogP contribution in [0.1, 0.15) is 57.4 Å². The highest BCUT2D eigenvalue weighted by atomic mass is 16.7. The summed E-state index contributed by atoms with van der Waals surface area (Å²) < 4.78 is 12.0. The van der Waals surface area contributed by atoms with Gasteiger partial charge in [-0.15, -0.1) is 0 Å². The first kappa shape index (κ1) is 19.6. The Balaban J connectivity index is 1.89. The number of para-hydroxylation sites is 1. The van der Waals surface area contributed by atoms with Crippen LogP contribution in [-0.2, 0) is 14.9 Å². The summed E-state index contributed by atoms with van der Waals surface area (Å²) in [7, 11) is 0. The van der Waals surface area contributed by atoms with E-state index in [2.05, 4.69) is 20.8 Å². The predicted octanol–water partition coefficient (Wildman–Crippen LogP) is 5.00. The van der Waals surface area contributed by atoms with Crippen molar-refractivity contribution in [3.63, 3.8) is 0 Å². The summed E-state index contributed by atoms with van der Waals surface area (Å²) in [5, 5.41) is 10.7. The molecule has 2 aromatic carbocycles. The molecule has 0 amide bonds. The first-order chi connectivity index (χ1) is 12.7. The van der Waals surface area contributed by atoms with E-state index in [1.807, 2.05) is 62.4 Å². The zero-order valence-corrected chi connectivity index (χ0v) is 16.8. The van der Waals surface area contributed by atoms with Crippen LogP contribution >= 0.6 is 0 Å². The third-order valence-electron chi connectivity index (χ3n) is 4.77. The molecule has 0 unspecified atom stereocenters. The van der Waals surface area contributed by atoms with E-state index in [9.17, 15) is 5.11 Å². The Hall–Kier alpha value is -2.17. The molecule has 4 nitrogen and oxygen atoms in total. The second-order valence-corrected chi connectivity index (χ2v) is 8.50. The van der Waals surface area contributed by atoms with Gasteiger partial charge in [0.1, 0.15) is 17.9 Å². The SMILES string of the molecule is CC1(C)OC[C@H](/N=C/c2cccc(C(C)(C)C)c2O)[C@H](c2ccccc2)O1. The summed E-state index contributed by atoms with van der Waals surface area (Å²) in [6.07, 6.45) is 1.54. The van der Waals surface area contributed by atoms with E-state index in [1.54, 1.807) is 6.21 Å². The maximum absolute atomic E-state index is 10.7. The van der Waals surface area contributed by atoms with Crippen molar-refractivity contribution < 1.29 is 14.6 Å². The van der Waals surface area contributed by atoms with Crippen molar-refractivity contribution >= 4 is 6.21 Å². The molecule has 0 spiro atoms. The second kappa shape index (κ2) is 7.45. The minimum atomic E-state index is -0.652. The van der Waals surface area contributed by atoms with Crippen LogP contribution in [0, 0.1) is 0 Å². The normalized spacial score (nSPS) is 22.9. The Kier molecular flexibility index (Phi) is 5.41. The molecule has 0 aromatic heterocycles. The summed E-state index contributed by atoms with van der Waals surface area (Å²) >= 11 is 0. The van der Waals surface area contributed by atoms with Gasteiger partial charge in [-0.25, -0.2) is 0 Å². The minimum Gasteiger partial charge on any atom is -0.507 e. The molecular formula is C23H29NO3. The van der Waals surface area contributed by atoms with Crippen molar-refractivity contribution in [2.45, 2.75) is 58.0 Å². The van der Waals surface area contributed by atoms with Crippen LogP contribution in [-0.4, -0.2) is 29.8 Å². The van der Waals surface area contributed by atoms with E-state index >= 15 is 0 Å². The van der Waals surface area contributed by atoms with E-state index in [1.165, 1.54) is 0 Å². The first-order valence-electron chi connectivity index (χ1n) is 9.40. The molecule has 3 rings (SSSR count). The lowest BCUT2D eigenvalue weighted by atomic mass is 9.85. The van der Waals surface area contributed by atoms with Crippen LogP contribution in [0.4, 0.5) is 0 Å². The van der Waals surface area contributed by atoms with Crippen LogP contribution in [0.15, 0.2) is 53.5 Å². The van der Waals surface area contributed by atoms with Gasteiger partial charge in [0.25, 0.3) is 0 Å². The zero-order valence-electron chi connectivity index (χ0n) is 16.8. The van der Waals surface area contributed by atoms with Crippen molar-refractivity contribution in [2.75, 3.05) is 6.61 Å². The maximum Gasteiger partial charge on any atom is 0.163 e. The van der Waals surface area contributed by atoms with Gasteiger partial charge >= 0.3 is 0 Å². The molecule has 0 aliphatic carbocycles. The van der Waals surface area contributed by atoms with Crippen molar-refractivity contribution in [1.29, 1.82) is 0 Å². The van der Waals surface area contributed by atoms with Gasteiger partial charge in [-0.3, -0.25) is 4.99 Å². The molecule has 27 heavy (non-hydrogen) atoms.